The van der Waals surface area contributed by atoms with Crippen molar-refractivity contribution in [2.45, 2.75) is 20.0 Å². The standard InChI is InChI=1S/C21H22N6/c1-15-3-9-18(10-4-15)24-20-11-19(25-21(23)26-20)14-27(2)13-17-7-5-16(12-22)6-8-17/h3-11H,13-14H2,1-2H3,(H3,23,24,25,26). The minimum absolute atomic E-state index is 0.244. The smallest absolute Gasteiger partial charge is 0.222 e. The zero-order chi connectivity index (χ0) is 19.2. The second-order valence-corrected chi connectivity index (χ2v) is 6.57. The molecule has 6 heteroatoms. The maximum atomic E-state index is 8.88. The summed E-state index contributed by atoms with van der Waals surface area (Å²) in [7, 11) is 2.02. The lowest BCUT2D eigenvalue weighted by Gasteiger charge is -2.17. The van der Waals surface area contributed by atoms with Crippen LogP contribution in [0.15, 0.2) is 54.6 Å². The molecule has 0 fully saturated rings. The summed E-state index contributed by atoms with van der Waals surface area (Å²) in [5.74, 6) is 0.919. The van der Waals surface area contributed by atoms with Crippen molar-refractivity contribution >= 4 is 17.5 Å². The summed E-state index contributed by atoms with van der Waals surface area (Å²) in [5.41, 5.74) is 10.7. The maximum Gasteiger partial charge on any atom is 0.222 e. The molecule has 0 aliphatic heterocycles. The monoisotopic (exact) mass is 358 g/mol. The van der Waals surface area contributed by atoms with Crippen LogP contribution < -0.4 is 11.1 Å². The molecule has 3 rings (SSSR count). The quantitative estimate of drug-likeness (QED) is 0.699. The van der Waals surface area contributed by atoms with Crippen LogP contribution in [-0.2, 0) is 13.1 Å². The van der Waals surface area contributed by atoms with Crippen molar-refractivity contribution in [3.05, 3.63) is 77.0 Å². The van der Waals surface area contributed by atoms with Crippen molar-refractivity contribution in [3.8, 4) is 6.07 Å². The van der Waals surface area contributed by atoms with E-state index in [1.807, 2.05) is 68.6 Å². The predicted octanol–water partition coefficient (Wildman–Crippen LogP) is 3.61. The van der Waals surface area contributed by atoms with Crippen LogP contribution in [0.25, 0.3) is 0 Å². The van der Waals surface area contributed by atoms with Crippen LogP contribution in [0.1, 0.15) is 22.4 Å². The van der Waals surface area contributed by atoms with E-state index >= 15 is 0 Å². The second kappa shape index (κ2) is 8.30. The van der Waals surface area contributed by atoms with Crippen LogP contribution in [0.3, 0.4) is 0 Å². The van der Waals surface area contributed by atoms with E-state index in [-0.39, 0.29) is 5.95 Å². The molecule has 1 aromatic heterocycles. The van der Waals surface area contributed by atoms with Gasteiger partial charge in [-0.05, 0) is 43.8 Å². The summed E-state index contributed by atoms with van der Waals surface area (Å²) in [4.78, 5) is 10.7. The molecule has 0 saturated heterocycles. The first-order chi connectivity index (χ1) is 13.0. The molecule has 0 unspecified atom stereocenters. The highest BCUT2D eigenvalue weighted by atomic mass is 15.1. The van der Waals surface area contributed by atoms with Crippen LogP contribution in [0.4, 0.5) is 17.5 Å². The largest absolute Gasteiger partial charge is 0.368 e. The number of anilines is 3. The fourth-order valence-electron chi connectivity index (χ4n) is 2.78. The molecule has 0 atom stereocenters. The molecular weight excluding hydrogens is 336 g/mol. The molecule has 27 heavy (non-hydrogen) atoms. The summed E-state index contributed by atoms with van der Waals surface area (Å²) < 4.78 is 0. The average molecular weight is 358 g/mol. The molecule has 0 bridgehead atoms. The summed E-state index contributed by atoms with van der Waals surface area (Å²) in [6.07, 6.45) is 0. The second-order valence-electron chi connectivity index (χ2n) is 6.57. The van der Waals surface area contributed by atoms with E-state index in [4.69, 9.17) is 11.0 Å². The number of nitrogens with two attached hydrogens (primary N) is 1. The number of nitriles is 1. The van der Waals surface area contributed by atoms with Gasteiger partial charge in [-0.15, -0.1) is 0 Å². The number of nitrogens with one attached hydrogen (secondary N) is 1. The highest BCUT2D eigenvalue weighted by Crippen LogP contribution is 2.18. The van der Waals surface area contributed by atoms with Crippen LogP contribution in [0.5, 0.6) is 0 Å². The minimum Gasteiger partial charge on any atom is -0.368 e. The molecule has 0 aliphatic carbocycles. The number of hydrogen-bond donors (Lipinski definition) is 2. The Morgan fingerprint density at radius 3 is 2.41 bits per heavy atom. The molecule has 0 amide bonds. The summed E-state index contributed by atoms with van der Waals surface area (Å²) >= 11 is 0. The zero-order valence-electron chi connectivity index (χ0n) is 15.5. The first kappa shape index (κ1) is 18.4. The molecular formula is C21H22N6. The van der Waals surface area contributed by atoms with Gasteiger partial charge >= 0.3 is 0 Å². The van der Waals surface area contributed by atoms with E-state index < -0.39 is 0 Å². The van der Waals surface area contributed by atoms with Gasteiger partial charge in [0, 0.05) is 24.8 Å². The highest BCUT2D eigenvalue weighted by Gasteiger charge is 2.07. The van der Waals surface area contributed by atoms with Crippen molar-refractivity contribution in [1.29, 1.82) is 5.26 Å². The number of hydrogen-bond acceptors (Lipinski definition) is 6. The van der Waals surface area contributed by atoms with Gasteiger partial charge in [-0.25, -0.2) is 4.98 Å². The Labute approximate surface area is 159 Å². The van der Waals surface area contributed by atoms with Crippen LogP contribution >= 0.6 is 0 Å². The average Bonchev–Trinajstić information content (AvgIpc) is 2.63. The fourth-order valence-corrected chi connectivity index (χ4v) is 2.78. The van der Waals surface area contributed by atoms with Crippen LogP contribution in [-0.4, -0.2) is 21.9 Å². The molecule has 0 saturated carbocycles. The number of rotatable bonds is 6. The van der Waals surface area contributed by atoms with E-state index in [0.29, 0.717) is 17.9 Å². The predicted molar refractivity (Wildman–Crippen MR) is 107 cm³/mol. The fraction of sp³-hybridized carbons (Fsp3) is 0.190. The van der Waals surface area contributed by atoms with Crippen LogP contribution in [0, 0.1) is 18.3 Å². The Kier molecular flexibility index (Phi) is 5.64. The van der Waals surface area contributed by atoms with Gasteiger partial charge in [0.1, 0.15) is 5.82 Å². The van der Waals surface area contributed by atoms with Gasteiger partial charge in [-0.1, -0.05) is 29.8 Å². The lowest BCUT2D eigenvalue weighted by Crippen LogP contribution is -2.18. The SMILES string of the molecule is Cc1ccc(Nc2cc(CN(C)Cc3ccc(C#N)cc3)nc(N)n2)cc1. The van der Waals surface area contributed by atoms with Gasteiger partial charge in [-0.3, -0.25) is 4.90 Å². The summed E-state index contributed by atoms with van der Waals surface area (Å²) in [6.45, 7) is 3.43. The highest BCUT2D eigenvalue weighted by molar-refractivity contribution is 5.57. The summed E-state index contributed by atoms with van der Waals surface area (Å²) in [5, 5.41) is 12.2. The topological polar surface area (TPSA) is 90.9 Å². The maximum absolute atomic E-state index is 8.88. The lowest BCUT2D eigenvalue weighted by atomic mass is 10.1. The lowest BCUT2D eigenvalue weighted by molar-refractivity contribution is 0.315. The Hall–Kier alpha value is -3.43. The van der Waals surface area contributed by atoms with Gasteiger partial charge in [-0.2, -0.15) is 10.2 Å². The van der Waals surface area contributed by atoms with E-state index in [2.05, 4.69) is 26.3 Å². The zero-order valence-corrected chi connectivity index (χ0v) is 15.5. The van der Waals surface area contributed by atoms with E-state index in [1.165, 1.54) is 5.56 Å². The van der Waals surface area contributed by atoms with E-state index in [0.717, 1.165) is 23.5 Å². The molecule has 2 aromatic carbocycles. The Bertz CT molecular complexity index is 942. The number of nitrogen functional groups attached to an aromatic ring is 1. The molecule has 136 valence electrons. The van der Waals surface area contributed by atoms with E-state index in [1.54, 1.807) is 0 Å². The Balaban J connectivity index is 1.67. The Morgan fingerprint density at radius 1 is 1.04 bits per heavy atom. The molecule has 6 nitrogen and oxygen atoms in total. The minimum atomic E-state index is 0.244. The molecule has 0 radical (unpaired) electrons. The van der Waals surface area contributed by atoms with Crippen LogP contribution in [0.2, 0.25) is 0 Å². The molecule has 0 aliphatic rings. The van der Waals surface area contributed by atoms with Gasteiger partial charge in [0.2, 0.25) is 5.95 Å². The number of nitrogens with zero attached hydrogens (tertiary/aromatic N) is 4. The van der Waals surface area contributed by atoms with Gasteiger partial charge in [0.15, 0.2) is 0 Å². The number of benzene rings is 2. The Morgan fingerprint density at radius 2 is 1.74 bits per heavy atom. The van der Waals surface area contributed by atoms with Gasteiger partial charge in [0.05, 0.1) is 17.3 Å². The van der Waals surface area contributed by atoms with Crippen molar-refractivity contribution < 1.29 is 0 Å². The molecule has 3 N–H and O–H groups in total. The van der Waals surface area contributed by atoms with Crippen molar-refractivity contribution in [2.75, 3.05) is 18.1 Å². The third kappa shape index (κ3) is 5.27. The third-order valence-electron chi connectivity index (χ3n) is 4.09. The number of aryl methyl sites for hydroxylation is 1. The van der Waals surface area contributed by atoms with Gasteiger partial charge in [0.25, 0.3) is 0 Å². The van der Waals surface area contributed by atoms with Crippen molar-refractivity contribution in [2.24, 2.45) is 0 Å². The van der Waals surface area contributed by atoms with Gasteiger partial charge < -0.3 is 11.1 Å². The first-order valence-corrected chi connectivity index (χ1v) is 8.66. The molecule has 3 aromatic rings. The number of aromatic nitrogens is 2. The summed E-state index contributed by atoms with van der Waals surface area (Å²) in [6, 6.07) is 19.7. The van der Waals surface area contributed by atoms with Crippen molar-refractivity contribution in [1.82, 2.24) is 14.9 Å². The molecule has 1 heterocycles. The molecule has 0 spiro atoms. The van der Waals surface area contributed by atoms with E-state index in [9.17, 15) is 0 Å². The normalized spacial score (nSPS) is 10.6. The van der Waals surface area contributed by atoms with Crippen molar-refractivity contribution in [3.63, 3.8) is 0 Å². The third-order valence-corrected chi connectivity index (χ3v) is 4.09. The first-order valence-electron chi connectivity index (χ1n) is 8.66.